The van der Waals surface area contributed by atoms with Crippen molar-refractivity contribution < 1.29 is 0 Å². The summed E-state index contributed by atoms with van der Waals surface area (Å²) >= 11 is 0. The molecular formula is C39H36N6. The molecule has 4 aromatic carbocycles. The number of nitriles is 3. The van der Waals surface area contributed by atoms with E-state index in [1.807, 2.05) is 148 Å². The van der Waals surface area contributed by atoms with Crippen LogP contribution in [0.1, 0.15) is 50.1 Å². The first-order valence-corrected chi connectivity index (χ1v) is 14.5. The molecule has 6 heteroatoms. The normalized spacial score (nSPS) is 11.0. The molecule has 0 aliphatic carbocycles. The first-order valence-electron chi connectivity index (χ1n) is 14.5. The van der Waals surface area contributed by atoms with Gasteiger partial charge in [0.05, 0.1) is 16.7 Å². The number of rotatable bonds is 9. The maximum absolute atomic E-state index is 10.4. The Hall–Kier alpha value is -6.03. The standard InChI is InChI=1S/C39H36N6/c1-43(2)31-16-7-28(8-17-31)13-22-34-37(25-40)35(23-14-29-9-18-32(19-10-29)44(3)4)39(27-42)36(38(34)26-41)24-15-30-11-20-33(21-12-30)45(5)6/h7-24H,1-6H3/b22-13+,23-14+,24-15+. The van der Waals surface area contributed by atoms with Gasteiger partial charge in [0.2, 0.25) is 0 Å². The highest BCUT2D eigenvalue weighted by Gasteiger charge is 2.21. The van der Waals surface area contributed by atoms with Gasteiger partial charge in [-0.25, -0.2) is 0 Å². The van der Waals surface area contributed by atoms with Crippen molar-refractivity contribution in [3.63, 3.8) is 0 Å². The molecule has 222 valence electrons. The van der Waals surface area contributed by atoms with Crippen molar-refractivity contribution in [3.05, 3.63) is 123 Å². The number of nitrogens with zero attached hydrogens (tertiary/aromatic N) is 6. The Balaban J connectivity index is 1.91. The Kier molecular flexibility index (Phi) is 10.2. The molecule has 0 saturated carbocycles. The van der Waals surface area contributed by atoms with Crippen LogP contribution in [0.5, 0.6) is 0 Å². The minimum Gasteiger partial charge on any atom is -0.378 e. The monoisotopic (exact) mass is 588 g/mol. The van der Waals surface area contributed by atoms with Crippen molar-refractivity contribution in [2.45, 2.75) is 0 Å². The molecule has 0 aliphatic rings. The van der Waals surface area contributed by atoms with Gasteiger partial charge in [-0.3, -0.25) is 0 Å². The van der Waals surface area contributed by atoms with E-state index < -0.39 is 0 Å². The van der Waals surface area contributed by atoms with E-state index in [0.717, 1.165) is 33.8 Å². The van der Waals surface area contributed by atoms with E-state index in [2.05, 4.69) is 18.2 Å². The van der Waals surface area contributed by atoms with Crippen LogP contribution in [0.4, 0.5) is 17.1 Å². The van der Waals surface area contributed by atoms with E-state index >= 15 is 0 Å². The van der Waals surface area contributed by atoms with E-state index in [-0.39, 0.29) is 16.7 Å². The first kappa shape index (κ1) is 31.9. The second-order valence-corrected chi connectivity index (χ2v) is 11.2. The van der Waals surface area contributed by atoms with Gasteiger partial charge in [-0.05, 0) is 53.1 Å². The molecule has 0 N–H and O–H groups in total. The SMILES string of the molecule is CN(C)c1ccc(/C=C/c2c(C#N)c(/C=C/c3ccc(N(C)C)cc3)c(C#N)c(/C=C/c3ccc(N(C)C)cc3)c2C#N)cc1. The van der Waals surface area contributed by atoms with E-state index in [1.54, 1.807) is 18.2 Å². The molecule has 0 saturated heterocycles. The molecule has 4 aromatic rings. The van der Waals surface area contributed by atoms with Crippen molar-refractivity contribution in [3.8, 4) is 18.2 Å². The lowest BCUT2D eigenvalue weighted by atomic mass is 9.86. The lowest BCUT2D eigenvalue weighted by Gasteiger charge is -2.14. The van der Waals surface area contributed by atoms with Gasteiger partial charge in [0.25, 0.3) is 0 Å². The van der Waals surface area contributed by atoms with Crippen LogP contribution in [0, 0.1) is 34.0 Å². The van der Waals surface area contributed by atoms with Gasteiger partial charge in [0.1, 0.15) is 18.2 Å². The Morgan fingerprint density at radius 2 is 0.600 bits per heavy atom. The molecule has 6 nitrogen and oxygen atoms in total. The number of benzene rings is 4. The fraction of sp³-hybridized carbons (Fsp3) is 0.154. The van der Waals surface area contributed by atoms with Gasteiger partial charge >= 0.3 is 0 Å². The highest BCUT2D eigenvalue weighted by Crippen LogP contribution is 2.32. The first-order chi connectivity index (χ1) is 21.7. The van der Waals surface area contributed by atoms with Crippen molar-refractivity contribution in [2.24, 2.45) is 0 Å². The van der Waals surface area contributed by atoms with Crippen LogP contribution in [0.15, 0.2) is 72.8 Å². The summed E-state index contributed by atoms with van der Waals surface area (Å²) in [7, 11) is 11.9. The molecule has 0 fully saturated rings. The fourth-order valence-corrected chi connectivity index (χ4v) is 4.86. The van der Waals surface area contributed by atoms with Gasteiger partial charge < -0.3 is 14.7 Å². The molecule has 0 radical (unpaired) electrons. The third-order valence-electron chi connectivity index (χ3n) is 7.51. The topological polar surface area (TPSA) is 81.1 Å². The Labute approximate surface area is 266 Å². The summed E-state index contributed by atoms with van der Waals surface area (Å²) in [6.45, 7) is 0. The van der Waals surface area contributed by atoms with Gasteiger partial charge in [-0.1, -0.05) is 72.9 Å². The molecule has 4 rings (SSSR count). The lowest BCUT2D eigenvalue weighted by Crippen LogP contribution is -2.07. The van der Waals surface area contributed by atoms with Crippen LogP contribution in [0.25, 0.3) is 36.5 Å². The number of hydrogen-bond acceptors (Lipinski definition) is 6. The Morgan fingerprint density at radius 1 is 0.378 bits per heavy atom. The third kappa shape index (κ3) is 7.49. The highest BCUT2D eigenvalue weighted by molar-refractivity contribution is 5.90. The maximum atomic E-state index is 10.4. The van der Waals surface area contributed by atoms with Gasteiger partial charge in [0.15, 0.2) is 0 Å². The van der Waals surface area contributed by atoms with E-state index in [9.17, 15) is 15.8 Å². The maximum Gasteiger partial charge on any atom is 0.100 e. The fourth-order valence-electron chi connectivity index (χ4n) is 4.86. The summed E-state index contributed by atoms with van der Waals surface area (Å²) in [6.07, 6.45) is 11.1. The summed E-state index contributed by atoms with van der Waals surface area (Å²) in [6, 6.07) is 30.9. The molecule has 0 bridgehead atoms. The molecular weight excluding hydrogens is 552 g/mol. The van der Waals surface area contributed by atoms with Crippen LogP contribution >= 0.6 is 0 Å². The summed E-state index contributed by atoms with van der Waals surface area (Å²) in [4.78, 5) is 6.07. The van der Waals surface area contributed by atoms with Crippen LogP contribution in [0.3, 0.4) is 0 Å². The third-order valence-corrected chi connectivity index (χ3v) is 7.51. The Bertz CT molecular complexity index is 1630. The quantitative estimate of drug-likeness (QED) is 0.184. The average Bonchev–Trinajstić information content (AvgIpc) is 3.05. The summed E-state index contributed by atoms with van der Waals surface area (Å²) in [5.41, 5.74) is 8.22. The predicted molar refractivity (Wildman–Crippen MR) is 190 cm³/mol. The van der Waals surface area contributed by atoms with E-state index in [4.69, 9.17) is 0 Å². The van der Waals surface area contributed by atoms with E-state index in [0.29, 0.717) is 16.7 Å². The van der Waals surface area contributed by atoms with E-state index in [1.165, 1.54) is 0 Å². The molecule has 0 aliphatic heterocycles. The zero-order chi connectivity index (χ0) is 32.5. The summed E-state index contributed by atoms with van der Waals surface area (Å²) in [5.74, 6) is 0. The number of hydrogen-bond donors (Lipinski definition) is 0. The summed E-state index contributed by atoms with van der Waals surface area (Å²) in [5, 5.41) is 31.3. The largest absolute Gasteiger partial charge is 0.378 e. The second kappa shape index (κ2) is 14.4. The zero-order valence-corrected chi connectivity index (χ0v) is 26.6. The molecule has 0 atom stereocenters. The van der Waals surface area contributed by atoms with Crippen molar-refractivity contribution in [1.29, 1.82) is 15.8 Å². The molecule has 0 unspecified atom stereocenters. The lowest BCUT2D eigenvalue weighted by molar-refractivity contribution is 1.13. The minimum absolute atomic E-state index is 0.276. The molecule has 0 spiro atoms. The van der Waals surface area contributed by atoms with Crippen molar-refractivity contribution in [1.82, 2.24) is 0 Å². The molecule has 0 amide bonds. The average molecular weight is 589 g/mol. The molecule has 0 aromatic heterocycles. The van der Waals surface area contributed by atoms with Crippen LogP contribution in [0.2, 0.25) is 0 Å². The predicted octanol–water partition coefficient (Wildman–Crippen LogP) is 8.01. The summed E-state index contributed by atoms with van der Waals surface area (Å²) < 4.78 is 0. The van der Waals surface area contributed by atoms with Gasteiger partial charge in [-0.15, -0.1) is 0 Å². The second-order valence-electron chi connectivity index (χ2n) is 11.2. The number of anilines is 3. The van der Waals surface area contributed by atoms with Crippen molar-refractivity contribution in [2.75, 3.05) is 57.0 Å². The molecule has 0 heterocycles. The zero-order valence-electron chi connectivity index (χ0n) is 26.6. The highest BCUT2D eigenvalue weighted by atomic mass is 15.1. The van der Waals surface area contributed by atoms with Crippen LogP contribution in [-0.4, -0.2) is 42.3 Å². The van der Waals surface area contributed by atoms with Crippen LogP contribution in [-0.2, 0) is 0 Å². The van der Waals surface area contributed by atoms with Gasteiger partial charge in [0, 0.05) is 76.0 Å². The van der Waals surface area contributed by atoms with Crippen molar-refractivity contribution >= 4 is 53.5 Å². The minimum atomic E-state index is 0.276. The van der Waals surface area contributed by atoms with Gasteiger partial charge in [-0.2, -0.15) is 15.8 Å². The smallest absolute Gasteiger partial charge is 0.100 e. The molecule has 45 heavy (non-hydrogen) atoms. The Morgan fingerprint density at radius 3 is 0.778 bits per heavy atom. The van der Waals surface area contributed by atoms with Crippen LogP contribution < -0.4 is 14.7 Å².